The van der Waals surface area contributed by atoms with Crippen molar-refractivity contribution >= 4 is 23.1 Å². The Kier molecular flexibility index (Phi) is 6.18. The number of amides is 1. The second-order valence-corrected chi connectivity index (χ2v) is 9.20. The number of rotatable bonds is 6. The van der Waals surface area contributed by atoms with Crippen molar-refractivity contribution < 1.29 is 14.7 Å². The molecule has 1 aliphatic carbocycles. The Morgan fingerprint density at radius 3 is 2.47 bits per heavy atom. The molecule has 1 fully saturated rings. The summed E-state index contributed by atoms with van der Waals surface area (Å²) in [7, 11) is 0. The van der Waals surface area contributed by atoms with Crippen LogP contribution in [0.2, 0.25) is 0 Å². The van der Waals surface area contributed by atoms with E-state index in [2.05, 4.69) is 15.5 Å². The smallest absolute Gasteiger partial charge is 0.238 e. The highest BCUT2D eigenvalue weighted by atomic mass is 16.3. The molecule has 3 N–H and O–H groups in total. The summed E-state index contributed by atoms with van der Waals surface area (Å²) in [5.41, 5.74) is 6.92. The van der Waals surface area contributed by atoms with E-state index in [4.69, 9.17) is 0 Å². The maximum Gasteiger partial charge on any atom is 0.238 e. The first-order valence-electron chi connectivity index (χ1n) is 11.8. The molecular weight excluding hydrogens is 426 g/mol. The Morgan fingerprint density at radius 1 is 0.971 bits per heavy atom. The highest BCUT2D eigenvalue weighted by molar-refractivity contribution is 6.22. The minimum atomic E-state index is -0.0737. The van der Waals surface area contributed by atoms with E-state index in [1.54, 1.807) is 6.07 Å². The van der Waals surface area contributed by atoms with Crippen LogP contribution in [0.3, 0.4) is 0 Å². The summed E-state index contributed by atoms with van der Waals surface area (Å²) in [5.74, 6) is -0.0652. The number of ketones is 1. The topological polar surface area (TPSA) is 81.7 Å². The lowest BCUT2D eigenvalue weighted by Gasteiger charge is -2.32. The van der Waals surface area contributed by atoms with Gasteiger partial charge in [0.1, 0.15) is 0 Å². The molecule has 1 aliphatic heterocycles. The Hall–Kier alpha value is -3.48. The number of aryl methyl sites for hydroxylation is 1. The third kappa shape index (κ3) is 4.47. The molecule has 1 amide bonds. The van der Waals surface area contributed by atoms with Crippen LogP contribution in [0.15, 0.2) is 60.7 Å². The fraction of sp³-hybridized carbons (Fsp3) is 0.286. The normalized spacial score (nSPS) is 15.6. The van der Waals surface area contributed by atoms with Crippen molar-refractivity contribution in [1.82, 2.24) is 4.90 Å². The van der Waals surface area contributed by atoms with Crippen LogP contribution in [0, 0.1) is 6.92 Å². The minimum Gasteiger partial charge on any atom is -0.392 e. The summed E-state index contributed by atoms with van der Waals surface area (Å²) >= 11 is 0. The first kappa shape index (κ1) is 22.3. The lowest BCUT2D eigenvalue weighted by molar-refractivity contribution is -0.117. The van der Waals surface area contributed by atoms with Crippen molar-refractivity contribution in [3.05, 3.63) is 82.9 Å². The van der Waals surface area contributed by atoms with Crippen molar-refractivity contribution in [3.8, 4) is 11.1 Å². The fourth-order valence-electron chi connectivity index (χ4n) is 4.96. The summed E-state index contributed by atoms with van der Waals surface area (Å²) < 4.78 is 0. The predicted molar refractivity (Wildman–Crippen MR) is 134 cm³/mol. The van der Waals surface area contributed by atoms with E-state index in [-0.39, 0.29) is 18.3 Å². The molecule has 1 heterocycles. The molecule has 6 heteroatoms. The number of carbonyl (C=O) groups excluding carboxylic acids is 2. The fourth-order valence-corrected chi connectivity index (χ4v) is 4.96. The van der Waals surface area contributed by atoms with E-state index in [1.165, 1.54) is 0 Å². The number of piperidine rings is 1. The van der Waals surface area contributed by atoms with Crippen LogP contribution in [0.25, 0.3) is 11.1 Å². The number of benzene rings is 3. The lowest BCUT2D eigenvalue weighted by Crippen LogP contribution is -2.42. The van der Waals surface area contributed by atoms with Crippen molar-refractivity contribution in [3.63, 3.8) is 0 Å². The SMILES string of the molecule is Cc1ccc(NC2CCN(CC(=O)Nc3ccc4c(c3)C(=O)c3ccccc3-4)CC2)c(CO)c1. The van der Waals surface area contributed by atoms with Gasteiger partial charge in [-0.25, -0.2) is 0 Å². The number of likely N-dealkylation sites (tertiary alicyclic amines) is 1. The van der Waals surface area contributed by atoms with E-state index in [0.29, 0.717) is 29.4 Å². The maximum absolute atomic E-state index is 12.7. The molecule has 3 aromatic rings. The molecule has 0 unspecified atom stereocenters. The largest absolute Gasteiger partial charge is 0.392 e. The van der Waals surface area contributed by atoms with Crippen molar-refractivity contribution in [2.24, 2.45) is 0 Å². The average molecular weight is 456 g/mol. The molecule has 174 valence electrons. The van der Waals surface area contributed by atoms with Crippen LogP contribution in [0.5, 0.6) is 0 Å². The zero-order chi connectivity index (χ0) is 23.7. The highest BCUT2D eigenvalue weighted by Gasteiger charge is 2.27. The molecule has 1 saturated heterocycles. The van der Waals surface area contributed by atoms with Gasteiger partial charge in [0.05, 0.1) is 13.2 Å². The van der Waals surface area contributed by atoms with Crippen molar-refractivity contribution in [2.45, 2.75) is 32.4 Å². The summed E-state index contributed by atoms with van der Waals surface area (Å²) in [5, 5.41) is 16.2. The van der Waals surface area contributed by atoms with E-state index >= 15 is 0 Å². The first-order chi connectivity index (χ1) is 16.5. The summed E-state index contributed by atoms with van der Waals surface area (Å²) in [6, 6.07) is 19.6. The molecule has 0 saturated carbocycles. The number of aliphatic hydroxyl groups is 1. The molecule has 0 bridgehead atoms. The highest BCUT2D eigenvalue weighted by Crippen LogP contribution is 2.37. The Bertz CT molecular complexity index is 1250. The van der Waals surface area contributed by atoms with Gasteiger partial charge in [-0.2, -0.15) is 0 Å². The van der Waals surface area contributed by atoms with Gasteiger partial charge in [-0.05, 0) is 49.1 Å². The number of carbonyl (C=O) groups is 2. The van der Waals surface area contributed by atoms with Gasteiger partial charge in [-0.15, -0.1) is 0 Å². The van der Waals surface area contributed by atoms with Crippen molar-refractivity contribution in [2.75, 3.05) is 30.3 Å². The number of hydrogen-bond donors (Lipinski definition) is 3. The lowest BCUT2D eigenvalue weighted by atomic mass is 10.0. The van der Waals surface area contributed by atoms with Gasteiger partial charge >= 0.3 is 0 Å². The van der Waals surface area contributed by atoms with Gasteiger partial charge in [0.25, 0.3) is 0 Å². The van der Waals surface area contributed by atoms with Gasteiger partial charge in [-0.3, -0.25) is 14.5 Å². The summed E-state index contributed by atoms with van der Waals surface area (Å²) in [4.78, 5) is 27.6. The third-order valence-corrected chi connectivity index (χ3v) is 6.76. The quantitative estimate of drug-likeness (QED) is 0.406. The van der Waals surface area contributed by atoms with Crippen LogP contribution < -0.4 is 10.6 Å². The molecule has 3 aromatic carbocycles. The Morgan fingerprint density at radius 2 is 1.71 bits per heavy atom. The van der Waals surface area contributed by atoms with Crippen molar-refractivity contribution in [1.29, 1.82) is 0 Å². The molecule has 0 aromatic heterocycles. The first-order valence-corrected chi connectivity index (χ1v) is 11.8. The van der Waals surface area contributed by atoms with Crippen LogP contribution in [0.1, 0.15) is 39.9 Å². The molecule has 34 heavy (non-hydrogen) atoms. The number of nitrogens with zero attached hydrogens (tertiary/aromatic N) is 1. The van der Waals surface area contributed by atoms with E-state index in [9.17, 15) is 14.7 Å². The molecule has 6 nitrogen and oxygen atoms in total. The zero-order valence-electron chi connectivity index (χ0n) is 19.3. The molecular formula is C28H29N3O3. The zero-order valence-corrected chi connectivity index (χ0v) is 19.3. The number of anilines is 2. The average Bonchev–Trinajstić information content (AvgIpc) is 3.13. The van der Waals surface area contributed by atoms with Gasteiger partial charge < -0.3 is 15.7 Å². The number of fused-ring (bicyclic) bond motifs is 3. The Labute approximate surface area is 199 Å². The van der Waals surface area contributed by atoms with Crippen LogP contribution in [-0.4, -0.2) is 47.4 Å². The minimum absolute atomic E-state index is 0.00852. The number of nitrogens with one attached hydrogen (secondary N) is 2. The number of aliphatic hydroxyl groups excluding tert-OH is 1. The third-order valence-electron chi connectivity index (χ3n) is 6.76. The van der Waals surface area contributed by atoms with E-state index < -0.39 is 0 Å². The van der Waals surface area contributed by atoms with Crippen LogP contribution in [0.4, 0.5) is 11.4 Å². The number of hydrogen-bond acceptors (Lipinski definition) is 5. The molecule has 2 aliphatic rings. The van der Waals surface area contributed by atoms with Gasteiger partial charge in [0, 0.05) is 47.2 Å². The standard InChI is InChI=1S/C28H29N3O3/c1-18-6-9-26(19(14-18)17-32)29-20-10-12-31(13-11-20)16-27(33)30-21-7-8-23-22-4-2-3-5-24(22)28(34)25(23)15-21/h2-9,14-15,20,29,32H,10-13,16-17H2,1H3,(H,30,33). The van der Waals surface area contributed by atoms with E-state index in [1.807, 2.05) is 61.5 Å². The van der Waals surface area contributed by atoms with Crippen LogP contribution in [-0.2, 0) is 11.4 Å². The summed E-state index contributed by atoms with van der Waals surface area (Å²) in [6.45, 7) is 4.01. The predicted octanol–water partition coefficient (Wildman–Crippen LogP) is 4.21. The van der Waals surface area contributed by atoms with Gasteiger partial charge in [0.2, 0.25) is 5.91 Å². The second-order valence-electron chi connectivity index (χ2n) is 9.20. The molecule has 0 spiro atoms. The maximum atomic E-state index is 12.7. The Balaban J connectivity index is 1.15. The second kappa shape index (κ2) is 9.41. The molecule has 5 rings (SSSR count). The molecule has 0 atom stereocenters. The van der Waals surface area contributed by atoms with E-state index in [0.717, 1.165) is 53.9 Å². The van der Waals surface area contributed by atoms with Gasteiger partial charge in [0.15, 0.2) is 5.78 Å². The monoisotopic (exact) mass is 455 g/mol. The summed E-state index contributed by atoms with van der Waals surface area (Å²) in [6.07, 6.45) is 1.86. The van der Waals surface area contributed by atoms with Crippen LogP contribution >= 0.6 is 0 Å². The molecule has 0 radical (unpaired) electrons. The van der Waals surface area contributed by atoms with Gasteiger partial charge in [-0.1, -0.05) is 48.0 Å².